The minimum atomic E-state index is -0.659. The summed E-state index contributed by atoms with van der Waals surface area (Å²) in [6, 6.07) is 14.0. The van der Waals surface area contributed by atoms with Gasteiger partial charge in [-0.2, -0.15) is 0 Å². The fourth-order valence-corrected chi connectivity index (χ4v) is 3.75. The van der Waals surface area contributed by atoms with Crippen LogP contribution >= 0.6 is 0 Å². The smallest absolute Gasteiger partial charge is 0.343 e. The number of benzene rings is 2. The molecule has 1 aliphatic rings. The molecule has 0 saturated carbocycles. The predicted octanol–water partition coefficient (Wildman–Crippen LogP) is 2.65. The Morgan fingerprint density at radius 3 is 2.34 bits per heavy atom. The van der Waals surface area contributed by atoms with Crippen LogP contribution in [0.2, 0.25) is 0 Å². The number of H-pyrrole nitrogens is 1. The van der Waals surface area contributed by atoms with Crippen molar-refractivity contribution in [2.45, 2.75) is 0 Å². The molecule has 2 heterocycles. The molecular formula is C22H23N3O4. The normalized spacial score (nSPS) is 14.1. The van der Waals surface area contributed by atoms with Gasteiger partial charge in [-0.15, -0.1) is 0 Å². The average Bonchev–Trinajstić information content (AvgIpc) is 2.79. The van der Waals surface area contributed by atoms with E-state index in [1.54, 1.807) is 13.2 Å². The summed E-state index contributed by atoms with van der Waals surface area (Å²) in [5.74, 6) is -0.0496. The minimum absolute atomic E-state index is 0.0220. The van der Waals surface area contributed by atoms with Crippen LogP contribution in [0.15, 0.2) is 53.5 Å². The Kier molecular flexibility index (Phi) is 5.12. The highest BCUT2D eigenvalue weighted by Crippen LogP contribution is 2.33. The Balaban J connectivity index is 1.64. The number of fused-ring (bicyclic) bond motifs is 1. The van der Waals surface area contributed by atoms with E-state index in [1.165, 1.54) is 19.0 Å². The van der Waals surface area contributed by atoms with Crippen molar-refractivity contribution < 1.29 is 14.3 Å². The summed E-state index contributed by atoms with van der Waals surface area (Å²) >= 11 is 0. The van der Waals surface area contributed by atoms with E-state index in [-0.39, 0.29) is 11.0 Å². The fourth-order valence-electron chi connectivity index (χ4n) is 3.75. The number of aromatic amines is 1. The number of nitrogens with one attached hydrogen (secondary N) is 1. The number of methoxy groups -OCH3 is 2. The third kappa shape index (κ3) is 3.51. The Morgan fingerprint density at radius 2 is 1.69 bits per heavy atom. The van der Waals surface area contributed by atoms with Gasteiger partial charge in [0.05, 0.1) is 30.8 Å². The van der Waals surface area contributed by atoms with Gasteiger partial charge in [0.1, 0.15) is 11.3 Å². The second-order valence-electron chi connectivity index (χ2n) is 6.90. The molecule has 1 N–H and O–H groups in total. The lowest BCUT2D eigenvalue weighted by Gasteiger charge is -2.38. The number of anilines is 2. The molecule has 7 heteroatoms. The number of carbonyl (C=O) groups excluding carboxylic acids is 1. The van der Waals surface area contributed by atoms with Gasteiger partial charge in [-0.3, -0.25) is 4.79 Å². The number of carbonyl (C=O) groups is 1. The maximum absolute atomic E-state index is 12.7. The summed E-state index contributed by atoms with van der Waals surface area (Å²) in [6.07, 6.45) is 1.40. The highest BCUT2D eigenvalue weighted by atomic mass is 16.5. The van der Waals surface area contributed by atoms with E-state index in [9.17, 15) is 9.59 Å². The van der Waals surface area contributed by atoms with Crippen molar-refractivity contribution in [3.8, 4) is 5.75 Å². The van der Waals surface area contributed by atoms with Crippen LogP contribution in [0.4, 0.5) is 11.4 Å². The van der Waals surface area contributed by atoms with Crippen LogP contribution in [0, 0.1) is 0 Å². The first-order valence-corrected chi connectivity index (χ1v) is 9.49. The number of nitrogens with zero attached hydrogens (tertiary/aromatic N) is 2. The molecule has 0 bridgehead atoms. The lowest BCUT2D eigenvalue weighted by Crippen LogP contribution is -2.46. The first kappa shape index (κ1) is 18.9. The summed E-state index contributed by atoms with van der Waals surface area (Å²) < 4.78 is 10.3. The number of ether oxygens (including phenoxy) is 2. The molecule has 0 aliphatic carbocycles. The van der Waals surface area contributed by atoms with Crippen LogP contribution in [-0.4, -0.2) is 51.4 Å². The number of esters is 1. The maximum Gasteiger partial charge on any atom is 0.343 e. The van der Waals surface area contributed by atoms with Gasteiger partial charge in [0.2, 0.25) is 5.43 Å². The van der Waals surface area contributed by atoms with Gasteiger partial charge in [0.15, 0.2) is 0 Å². The number of hydrogen-bond acceptors (Lipinski definition) is 6. The van der Waals surface area contributed by atoms with Gasteiger partial charge in [-0.05, 0) is 24.3 Å². The van der Waals surface area contributed by atoms with Crippen molar-refractivity contribution in [3.63, 3.8) is 0 Å². The van der Waals surface area contributed by atoms with Crippen LogP contribution < -0.4 is 20.0 Å². The zero-order valence-corrected chi connectivity index (χ0v) is 16.5. The topological polar surface area (TPSA) is 74.9 Å². The molecule has 4 rings (SSSR count). The molecule has 1 aromatic heterocycles. The molecule has 0 atom stereocenters. The van der Waals surface area contributed by atoms with Crippen molar-refractivity contribution >= 4 is 28.2 Å². The van der Waals surface area contributed by atoms with Crippen LogP contribution in [-0.2, 0) is 4.74 Å². The third-order valence-electron chi connectivity index (χ3n) is 5.33. The van der Waals surface area contributed by atoms with Crippen molar-refractivity contribution in [3.05, 3.63) is 64.4 Å². The molecule has 0 spiro atoms. The Morgan fingerprint density at radius 1 is 1.00 bits per heavy atom. The summed E-state index contributed by atoms with van der Waals surface area (Å²) in [6.45, 7) is 3.45. The first-order valence-electron chi connectivity index (χ1n) is 9.49. The number of rotatable bonds is 4. The predicted molar refractivity (Wildman–Crippen MR) is 113 cm³/mol. The molecule has 0 amide bonds. The highest BCUT2D eigenvalue weighted by molar-refractivity contribution is 5.95. The molecule has 29 heavy (non-hydrogen) atoms. The minimum Gasteiger partial charge on any atom is -0.495 e. The average molecular weight is 393 g/mol. The van der Waals surface area contributed by atoms with Gasteiger partial charge in [-0.1, -0.05) is 18.2 Å². The van der Waals surface area contributed by atoms with Crippen LogP contribution in [0.25, 0.3) is 10.9 Å². The summed E-state index contributed by atoms with van der Waals surface area (Å²) in [4.78, 5) is 32.2. The number of hydrogen-bond donors (Lipinski definition) is 1. The van der Waals surface area contributed by atoms with E-state index in [0.29, 0.717) is 16.7 Å². The zero-order valence-electron chi connectivity index (χ0n) is 16.5. The molecule has 7 nitrogen and oxygen atoms in total. The molecule has 3 aromatic rings. The molecule has 1 fully saturated rings. The van der Waals surface area contributed by atoms with E-state index >= 15 is 0 Å². The van der Waals surface area contributed by atoms with Crippen molar-refractivity contribution in [2.75, 3.05) is 50.2 Å². The monoisotopic (exact) mass is 393 g/mol. The molecule has 150 valence electrons. The standard InChI is InChI=1S/C22H23N3O4/c1-28-20-12-16-18(23-14-17(21(16)26)22(27)29-2)13-19(20)25-10-8-24(9-11-25)15-6-4-3-5-7-15/h3-7,12-14H,8-11H2,1-2H3,(H,23,26). The largest absolute Gasteiger partial charge is 0.495 e. The number of aromatic nitrogens is 1. The quantitative estimate of drug-likeness (QED) is 0.687. The van der Waals surface area contributed by atoms with E-state index in [1.807, 2.05) is 24.3 Å². The zero-order chi connectivity index (χ0) is 20.4. The number of piperazine rings is 1. The van der Waals surface area contributed by atoms with Crippen molar-refractivity contribution in [2.24, 2.45) is 0 Å². The van der Waals surface area contributed by atoms with Gasteiger partial charge >= 0.3 is 5.97 Å². The third-order valence-corrected chi connectivity index (χ3v) is 5.33. The number of pyridine rings is 1. The van der Waals surface area contributed by atoms with Crippen molar-refractivity contribution in [1.29, 1.82) is 0 Å². The molecule has 0 unspecified atom stereocenters. The van der Waals surface area contributed by atoms with E-state index in [2.05, 4.69) is 31.7 Å². The summed E-state index contributed by atoms with van der Waals surface area (Å²) in [5, 5.41) is 0.399. The second-order valence-corrected chi connectivity index (χ2v) is 6.90. The molecule has 1 saturated heterocycles. The molecule has 0 radical (unpaired) electrons. The van der Waals surface area contributed by atoms with Gasteiger partial charge in [-0.25, -0.2) is 4.79 Å². The van der Waals surface area contributed by atoms with Gasteiger partial charge in [0, 0.05) is 38.1 Å². The lowest BCUT2D eigenvalue weighted by atomic mass is 10.1. The lowest BCUT2D eigenvalue weighted by molar-refractivity contribution is 0.0599. The highest BCUT2D eigenvalue weighted by Gasteiger charge is 2.22. The Bertz CT molecular complexity index is 1090. The van der Waals surface area contributed by atoms with E-state index in [4.69, 9.17) is 4.74 Å². The molecule has 2 aromatic carbocycles. The van der Waals surface area contributed by atoms with Crippen LogP contribution in [0.3, 0.4) is 0 Å². The van der Waals surface area contributed by atoms with Crippen LogP contribution in [0.1, 0.15) is 10.4 Å². The van der Waals surface area contributed by atoms with Crippen molar-refractivity contribution in [1.82, 2.24) is 4.98 Å². The summed E-state index contributed by atoms with van der Waals surface area (Å²) in [7, 11) is 2.84. The molecular weight excluding hydrogens is 370 g/mol. The molecule has 1 aliphatic heterocycles. The second kappa shape index (κ2) is 7.87. The van der Waals surface area contributed by atoms with E-state index in [0.717, 1.165) is 31.9 Å². The SMILES string of the molecule is COC(=O)c1c[nH]c2cc(N3CCN(c4ccccc4)CC3)c(OC)cc2c1=O. The maximum atomic E-state index is 12.7. The van der Waals surface area contributed by atoms with Gasteiger partial charge in [0.25, 0.3) is 0 Å². The van der Waals surface area contributed by atoms with E-state index < -0.39 is 5.97 Å². The van der Waals surface area contributed by atoms with Crippen LogP contribution in [0.5, 0.6) is 5.75 Å². The Labute approximate surface area is 168 Å². The first-order chi connectivity index (χ1) is 14.1. The number of para-hydroxylation sites is 1. The fraction of sp³-hybridized carbons (Fsp3) is 0.273. The van der Waals surface area contributed by atoms with Gasteiger partial charge < -0.3 is 24.3 Å². The Hall–Kier alpha value is -3.48. The summed E-state index contributed by atoms with van der Waals surface area (Å²) in [5.41, 5.74) is 2.41.